The number of benzene rings is 1. The first-order valence-corrected chi connectivity index (χ1v) is 9.29. The van der Waals surface area contributed by atoms with E-state index in [9.17, 15) is 9.18 Å². The highest BCUT2D eigenvalue weighted by Crippen LogP contribution is 2.32. The summed E-state index contributed by atoms with van der Waals surface area (Å²) < 4.78 is 25.1. The Balaban J connectivity index is 1.42. The number of rotatable bonds is 7. The molecule has 1 aromatic carbocycles. The number of pyridine rings is 1. The number of nitrogens with one attached hydrogen (secondary N) is 1. The summed E-state index contributed by atoms with van der Waals surface area (Å²) in [5.74, 6) is 1.18. The molecule has 3 aromatic rings. The van der Waals surface area contributed by atoms with Crippen LogP contribution in [0.3, 0.4) is 0 Å². The van der Waals surface area contributed by atoms with Crippen LogP contribution < -0.4 is 15.8 Å². The number of hydrogen-bond donors (Lipinski definition) is 2. The number of amides is 2. The van der Waals surface area contributed by atoms with E-state index in [4.69, 9.17) is 15.0 Å². The topological polar surface area (TPSA) is 116 Å². The highest BCUT2D eigenvalue weighted by atomic mass is 19.1. The van der Waals surface area contributed by atoms with Crippen molar-refractivity contribution in [2.75, 3.05) is 5.32 Å². The second-order valence-electron chi connectivity index (χ2n) is 7.03. The Hall–Kier alpha value is -3.49. The molecule has 8 nitrogen and oxygen atoms in total. The van der Waals surface area contributed by atoms with Gasteiger partial charge in [0.2, 0.25) is 5.82 Å². The van der Waals surface area contributed by atoms with Crippen molar-refractivity contribution in [2.24, 2.45) is 11.7 Å². The average Bonchev–Trinajstić information content (AvgIpc) is 3.36. The van der Waals surface area contributed by atoms with Crippen molar-refractivity contribution >= 4 is 11.7 Å². The van der Waals surface area contributed by atoms with Crippen LogP contribution in [0, 0.1) is 11.7 Å². The standard InChI is InChI=1S/C20H20FN5O3/c1-11(28-15-6-5-14(23-10-15)8-12-2-3-12)18-25-19(29-26-18)13-4-7-17(16(21)9-13)24-20(22)27/h4-7,9-12H,2-3,8H2,1H3,(H3,22,24,27). The molecule has 1 aliphatic carbocycles. The third-order valence-corrected chi connectivity index (χ3v) is 4.58. The van der Waals surface area contributed by atoms with Gasteiger partial charge in [-0.05, 0) is 62.4 Å². The van der Waals surface area contributed by atoms with Crippen LogP contribution in [0.1, 0.15) is 37.4 Å². The van der Waals surface area contributed by atoms with Crippen LogP contribution in [0.25, 0.3) is 11.5 Å². The van der Waals surface area contributed by atoms with Gasteiger partial charge in [0.25, 0.3) is 5.89 Å². The zero-order valence-electron chi connectivity index (χ0n) is 15.8. The van der Waals surface area contributed by atoms with Crippen molar-refractivity contribution in [1.82, 2.24) is 15.1 Å². The lowest BCUT2D eigenvalue weighted by Crippen LogP contribution is -2.19. The maximum atomic E-state index is 14.1. The van der Waals surface area contributed by atoms with E-state index >= 15 is 0 Å². The quantitative estimate of drug-likeness (QED) is 0.625. The summed E-state index contributed by atoms with van der Waals surface area (Å²) in [5, 5.41) is 6.10. The first-order chi connectivity index (χ1) is 14.0. The van der Waals surface area contributed by atoms with Crippen molar-refractivity contribution in [1.29, 1.82) is 0 Å². The van der Waals surface area contributed by atoms with E-state index in [1.807, 2.05) is 12.1 Å². The van der Waals surface area contributed by atoms with E-state index in [0.717, 1.165) is 18.0 Å². The fourth-order valence-corrected chi connectivity index (χ4v) is 2.88. The fourth-order valence-electron chi connectivity index (χ4n) is 2.88. The predicted molar refractivity (Wildman–Crippen MR) is 103 cm³/mol. The Morgan fingerprint density at radius 3 is 2.86 bits per heavy atom. The van der Waals surface area contributed by atoms with E-state index in [2.05, 4.69) is 20.4 Å². The van der Waals surface area contributed by atoms with Crippen LogP contribution in [0.4, 0.5) is 14.9 Å². The molecule has 0 spiro atoms. The lowest BCUT2D eigenvalue weighted by molar-refractivity contribution is 0.210. The lowest BCUT2D eigenvalue weighted by Gasteiger charge is -2.11. The molecule has 2 aromatic heterocycles. The summed E-state index contributed by atoms with van der Waals surface area (Å²) >= 11 is 0. The van der Waals surface area contributed by atoms with Crippen molar-refractivity contribution in [2.45, 2.75) is 32.3 Å². The largest absolute Gasteiger partial charge is 0.481 e. The molecule has 4 rings (SSSR count). The van der Waals surface area contributed by atoms with Crippen molar-refractivity contribution in [3.8, 4) is 17.2 Å². The van der Waals surface area contributed by atoms with Crippen LogP contribution in [0.15, 0.2) is 41.1 Å². The number of primary amides is 1. The summed E-state index contributed by atoms with van der Waals surface area (Å²) in [6.07, 6.45) is 4.78. The second kappa shape index (κ2) is 7.86. The minimum atomic E-state index is -0.849. The van der Waals surface area contributed by atoms with Gasteiger partial charge in [-0.2, -0.15) is 4.98 Å². The van der Waals surface area contributed by atoms with Gasteiger partial charge in [0, 0.05) is 11.3 Å². The molecule has 9 heteroatoms. The van der Waals surface area contributed by atoms with Gasteiger partial charge in [-0.3, -0.25) is 4.98 Å². The molecule has 2 amide bonds. The molecule has 0 bridgehead atoms. The van der Waals surface area contributed by atoms with Crippen LogP contribution in [-0.2, 0) is 6.42 Å². The highest BCUT2D eigenvalue weighted by molar-refractivity contribution is 5.88. The molecule has 0 saturated heterocycles. The van der Waals surface area contributed by atoms with Crippen molar-refractivity contribution in [3.05, 3.63) is 53.9 Å². The Morgan fingerprint density at radius 1 is 1.38 bits per heavy atom. The monoisotopic (exact) mass is 397 g/mol. The number of nitrogens with zero attached hydrogens (tertiary/aromatic N) is 3. The smallest absolute Gasteiger partial charge is 0.316 e. The summed E-state index contributed by atoms with van der Waals surface area (Å²) in [6, 6.07) is 7.08. The molecular formula is C20H20FN5O3. The number of carbonyl (C=O) groups is 1. The van der Waals surface area contributed by atoms with E-state index in [1.165, 1.54) is 25.0 Å². The van der Waals surface area contributed by atoms with Crippen LogP contribution in [0.2, 0.25) is 0 Å². The van der Waals surface area contributed by atoms with E-state index in [-0.39, 0.29) is 11.6 Å². The lowest BCUT2D eigenvalue weighted by atomic mass is 10.2. The molecule has 1 fully saturated rings. The number of aromatic nitrogens is 3. The third-order valence-electron chi connectivity index (χ3n) is 4.58. The summed E-state index contributed by atoms with van der Waals surface area (Å²) in [4.78, 5) is 19.6. The number of nitrogens with two attached hydrogens (primary N) is 1. The molecule has 3 N–H and O–H groups in total. The normalized spacial score (nSPS) is 14.4. The third kappa shape index (κ3) is 4.68. The molecule has 0 radical (unpaired) electrons. The SMILES string of the molecule is CC(Oc1ccc(CC2CC2)nc1)c1noc(-c2ccc(NC(N)=O)c(F)c2)n1. The van der Waals surface area contributed by atoms with Gasteiger partial charge in [-0.15, -0.1) is 0 Å². The Bertz CT molecular complexity index is 1020. The van der Waals surface area contributed by atoms with Crippen molar-refractivity contribution in [3.63, 3.8) is 0 Å². The number of carbonyl (C=O) groups excluding carboxylic acids is 1. The molecule has 1 atom stereocenters. The maximum absolute atomic E-state index is 14.1. The molecular weight excluding hydrogens is 377 g/mol. The Kier molecular flexibility index (Phi) is 5.11. The molecule has 1 aliphatic rings. The summed E-state index contributed by atoms with van der Waals surface area (Å²) in [7, 11) is 0. The minimum absolute atomic E-state index is 0.0321. The van der Waals surface area contributed by atoms with Gasteiger partial charge < -0.3 is 20.3 Å². The van der Waals surface area contributed by atoms with Gasteiger partial charge in [0.15, 0.2) is 6.10 Å². The number of hydrogen-bond acceptors (Lipinski definition) is 6. The van der Waals surface area contributed by atoms with Gasteiger partial charge >= 0.3 is 6.03 Å². The van der Waals surface area contributed by atoms with E-state index in [1.54, 1.807) is 19.2 Å². The van der Waals surface area contributed by atoms with Gasteiger partial charge in [-0.25, -0.2) is 9.18 Å². The molecule has 29 heavy (non-hydrogen) atoms. The zero-order chi connectivity index (χ0) is 20.4. The molecule has 0 aliphatic heterocycles. The fraction of sp³-hybridized carbons (Fsp3) is 0.300. The van der Waals surface area contributed by atoms with E-state index in [0.29, 0.717) is 17.1 Å². The van der Waals surface area contributed by atoms with Crippen LogP contribution >= 0.6 is 0 Å². The Labute approximate surface area is 166 Å². The maximum Gasteiger partial charge on any atom is 0.316 e. The zero-order valence-corrected chi connectivity index (χ0v) is 15.8. The summed E-state index contributed by atoms with van der Waals surface area (Å²) in [6.45, 7) is 1.78. The molecule has 1 unspecified atom stereocenters. The first-order valence-electron chi connectivity index (χ1n) is 9.29. The van der Waals surface area contributed by atoms with Crippen molar-refractivity contribution < 1.29 is 18.4 Å². The van der Waals surface area contributed by atoms with Crippen LogP contribution in [0.5, 0.6) is 5.75 Å². The Morgan fingerprint density at radius 2 is 2.21 bits per heavy atom. The second-order valence-corrected chi connectivity index (χ2v) is 7.03. The predicted octanol–water partition coefficient (Wildman–Crippen LogP) is 3.85. The molecule has 150 valence electrons. The number of urea groups is 1. The number of anilines is 1. The molecule has 2 heterocycles. The summed E-state index contributed by atoms with van der Waals surface area (Å²) in [5.41, 5.74) is 6.40. The van der Waals surface area contributed by atoms with Gasteiger partial charge in [0.1, 0.15) is 11.6 Å². The van der Waals surface area contributed by atoms with Gasteiger partial charge in [-0.1, -0.05) is 5.16 Å². The molecule has 1 saturated carbocycles. The average molecular weight is 397 g/mol. The minimum Gasteiger partial charge on any atom is -0.481 e. The van der Waals surface area contributed by atoms with Crippen LogP contribution in [-0.4, -0.2) is 21.2 Å². The number of halogens is 1. The van der Waals surface area contributed by atoms with Gasteiger partial charge in [0.05, 0.1) is 11.9 Å². The highest BCUT2D eigenvalue weighted by Gasteiger charge is 2.22. The number of ether oxygens (including phenoxy) is 1. The first kappa shape index (κ1) is 18.9. The van der Waals surface area contributed by atoms with E-state index < -0.39 is 18.0 Å².